The van der Waals surface area contributed by atoms with Crippen LogP contribution in [-0.4, -0.2) is 19.3 Å². The molecule has 1 N–H and O–H groups in total. The minimum absolute atomic E-state index is 0.00227. The highest BCUT2D eigenvalue weighted by Gasteiger charge is 2.36. The number of nitrogens with one attached hydrogen (secondary N) is 1. The van der Waals surface area contributed by atoms with Gasteiger partial charge in [-0.2, -0.15) is 0 Å². The summed E-state index contributed by atoms with van der Waals surface area (Å²) in [6.07, 6.45) is 1.77. The van der Waals surface area contributed by atoms with Crippen LogP contribution in [0.4, 0.5) is 4.39 Å². The van der Waals surface area contributed by atoms with E-state index in [1.807, 2.05) is 26.1 Å². The molecule has 0 saturated heterocycles. The van der Waals surface area contributed by atoms with Crippen LogP contribution in [0.5, 0.6) is 0 Å². The Balaban J connectivity index is 3.18. The Hall–Kier alpha value is -0.930. The zero-order valence-electron chi connectivity index (χ0n) is 12.7. The van der Waals surface area contributed by atoms with Gasteiger partial charge in [0.25, 0.3) is 0 Å². The second-order valence-corrected chi connectivity index (χ2v) is 4.94. The number of rotatable bonds is 7. The zero-order valence-corrected chi connectivity index (χ0v) is 12.7. The Morgan fingerprint density at radius 3 is 2.32 bits per heavy atom. The number of likely N-dealkylation sites (N-methyl/N-ethyl adjacent to an activating group) is 1. The molecule has 0 aliphatic carbocycles. The second kappa shape index (κ2) is 7.01. The number of benzene rings is 1. The van der Waals surface area contributed by atoms with Gasteiger partial charge in [0.2, 0.25) is 0 Å². The van der Waals surface area contributed by atoms with Crippen molar-refractivity contribution < 1.29 is 9.13 Å². The molecule has 3 heteroatoms. The van der Waals surface area contributed by atoms with Crippen molar-refractivity contribution >= 4 is 0 Å². The van der Waals surface area contributed by atoms with E-state index in [-0.39, 0.29) is 17.5 Å². The summed E-state index contributed by atoms with van der Waals surface area (Å²) in [5, 5.41) is 3.30. The first-order valence-corrected chi connectivity index (χ1v) is 7.11. The normalized spacial score (nSPS) is 13.6. The molecule has 0 radical (unpaired) electrons. The van der Waals surface area contributed by atoms with Gasteiger partial charge in [-0.25, -0.2) is 4.39 Å². The lowest BCUT2D eigenvalue weighted by Crippen LogP contribution is -2.44. The average Bonchev–Trinajstić information content (AvgIpc) is 2.42. The maximum atomic E-state index is 13.8. The van der Waals surface area contributed by atoms with Gasteiger partial charge in [0.1, 0.15) is 5.82 Å². The van der Waals surface area contributed by atoms with Crippen molar-refractivity contribution in [2.75, 3.05) is 13.7 Å². The number of aryl methyl sites for hydroxylation is 1. The van der Waals surface area contributed by atoms with Crippen molar-refractivity contribution in [3.05, 3.63) is 35.1 Å². The van der Waals surface area contributed by atoms with Gasteiger partial charge in [0.05, 0.1) is 11.6 Å². The Morgan fingerprint density at radius 2 is 1.89 bits per heavy atom. The molecular formula is C16H26FNO. The fourth-order valence-corrected chi connectivity index (χ4v) is 2.76. The van der Waals surface area contributed by atoms with Crippen LogP contribution in [0, 0.1) is 12.7 Å². The van der Waals surface area contributed by atoms with Crippen LogP contribution in [0.25, 0.3) is 0 Å². The van der Waals surface area contributed by atoms with E-state index in [4.69, 9.17) is 4.74 Å². The maximum absolute atomic E-state index is 13.8. The summed E-state index contributed by atoms with van der Waals surface area (Å²) in [6, 6.07) is 5.43. The average molecular weight is 267 g/mol. The summed E-state index contributed by atoms with van der Waals surface area (Å²) in [4.78, 5) is 0. The first kappa shape index (κ1) is 16.1. The van der Waals surface area contributed by atoms with E-state index in [0.717, 1.165) is 18.4 Å². The van der Waals surface area contributed by atoms with E-state index in [0.29, 0.717) is 12.2 Å². The summed E-state index contributed by atoms with van der Waals surface area (Å²) in [7, 11) is 1.90. The standard InChI is InChI=1S/C16H26FNO/c1-6-16(7-2,19-8-3)15(18-5)13-10-9-12(4)14(17)11-13/h9-11,15,18H,6-8H2,1-5H3. The van der Waals surface area contributed by atoms with Gasteiger partial charge in [0.15, 0.2) is 0 Å². The van der Waals surface area contributed by atoms with Crippen molar-refractivity contribution in [3.8, 4) is 0 Å². The second-order valence-electron chi connectivity index (χ2n) is 4.94. The van der Waals surface area contributed by atoms with Gasteiger partial charge in [-0.15, -0.1) is 0 Å². The van der Waals surface area contributed by atoms with Gasteiger partial charge >= 0.3 is 0 Å². The van der Waals surface area contributed by atoms with Gasteiger partial charge < -0.3 is 10.1 Å². The molecule has 0 spiro atoms. The van der Waals surface area contributed by atoms with Crippen molar-refractivity contribution in [3.63, 3.8) is 0 Å². The number of hydrogen-bond acceptors (Lipinski definition) is 2. The van der Waals surface area contributed by atoms with Crippen LogP contribution >= 0.6 is 0 Å². The van der Waals surface area contributed by atoms with Crippen LogP contribution < -0.4 is 5.32 Å². The van der Waals surface area contributed by atoms with E-state index in [1.165, 1.54) is 0 Å². The molecule has 0 bridgehead atoms. The molecule has 0 heterocycles. The zero-order chi connectivity index (χ0) is 14.5. The molecule has 0 saturated carbocycles. The van der Waals surface area contributed by atoms with Gasteiger partial charge in [-0.3, -0.25) is 0 Å². The summed E-state index contributed by atoms with van der Waals surface area (Å²) >= 11 is 0. The van der Waals surface area contributed by atoms with Crippen LogP contribution in [-0.2, 0) is 4.74 Å². The highest BCUT2D eigenvalue weighted by molar-refractivity contribution is 5.28. The van der Waals surface area contributed by atoms with Crippen LogP contribution in [0.15, 0.2) is 18.2 Å². The molecule has 1 aromatic rings. The molecule has 0 aliphatic heterocycles. The van der Waals surface area contributed by atoms with Gasteiger partial charge in [-0.1, -0.05) is 26.0 Å². The van der Waals surface area contributed by atoms with Crippen molar-refractivity contribution in [1.29, 1.82) is 0 Å². The van der Waals surface area contributed by atoms with Crippen LogP contribution in [0.1, 0.15) is 50.8 Å². The molecular weight excluding hydrogens is 241 g/mol. The van der Waals surface area contributed by atoms with Crippen LogP contribution in [0.2, 0.25) is 0 Å². The number of halogens is 1. The number of ether oxygens (including phenoxy) is 1. The molecule has 1 unspecified atom stereocenters. The summed E-state index contributed by atoms with van der Waals surface area (Å²) in [5.41, 5.74) is 1.34. The minimum atomic E-state index is -0.287. The van der Waals surface area contributed by atoms with E-state index in [9.17, 15) is 4.39 Å². The van der Waals surface area contributed by atoms with Crippen molar-refractivity contribution in [1.82, 2.24) is 5.32 Å². The highest BCUT2D eigenvalue weighted by Crippen LogP contribution is 2.35. The predicted octanol–water partition coefficient (Wildman–Crippen LogP) is 3.99. The smallest absolute Gasteiger partial charge is 0.126 e. The van der Waals surface area contributed by atoms with Crippen molar-refractivity contribution in [2.45, 2.75) is 52.2 Å². The van der Waals surface area contributed by atoms with E-state index in [2.05, 4.69) is 19.2 Å². The highest BCUT2D eigenvalue weighted by atomic mass is 19.1. The molecule has 1 aromatic carbocycles. The van der Waals surface area contributed by atoms with Gasteiger partial charge in [0, 0.05) is 6.61 Å². The lowest BCUT2D eigenvalue weighted by atomic mass is 9.83. The first-order chi connectivity index (χ1) is 9.04. The largest absolute Gasteiger partial charge is 0.373 e. The SMILES string of the molecule is CCOC(CC)(CC)C(NC)c1ccc(C)c(F)c1. The monoisotopic (exact) mass is 267 g/mol. The summed E-state index contributed by atoms with van der Waals surface area (Å²) in [5.74, 6) is -0.157. The van der Waals surface area contributed by atoms with E-state index >= 15 is 0 Å². The number of hydrogen-bond donors (Lipinski definition) is 1. The predicted molar refractivity (Wildman–Crippen MR) is 77.9 cm³/mol. The lowest BCUT2D eigenvalue weighted by Gasteiger charge is -2.39. The molecule has 0 fully saturated rings. The molecule has 108 valence electrons. The Morgan fingerprint density at radius 1 is 1.26 bits per heavy atom. The molecule has 2 nitrogen and oxygen atoms in total. The summed E-state index contributed by atoms with van der Waals surface area (Å²) < 4.78 is 19.8. The van der Waals surface area contributed by atoms with Gasteiger partial charge in [-0.05, 0) is 50.9 Å². The molecule has 0 amide bonds. The minimum Gasteiger partial charge on any atom is -0.373 e. The third-order valence-electron chi connectivity index (χ3n) is 3.97. The molecule has 0 aliphatic rings. The first-order valence-electron chi connectivity index (χ1n) is 7.11. The molecule has 0 aromatic heterocycles. The maximum Gasteiger partial charge on any atom is 0.126 e. The lowest BCUT2D eigenvalue weighted by molar-refractivity contribution is -0.0718. The molecule has 1 atom stereocenters. The quantitative estimate of drug-likeness (QED) is 0.806. The molecule has 19 heavy (non-hydrogen) atoms. The summed E-state index contributed by atoms with van der Waals surface area (Å²) in [6.45, 7) is 8.68. The topological polar surface area (TPSA) is 21.3 Å². The van der Waals surface area contributed by atoms with E-state index in [1.54, 1.807) is 13.0 Å². The Kier molecular flexibility index (Phi) is 5.95. The Bertz CT molecular complexity index is 402. The fraction of sp³-hybridized carbons (Fsp3) is 0.625. The Labute approximate surface area is 116 Å². The third-order valence-corrected chi connectivity index (χ3v) is 3.97. The van der Waals surface area contributed by atoms with E-state index < -0.39 is 0 Å². The molecule has 1 rings (SSSR count). The third kappa shape index (κ3) is 3.34. The fourth-order valence-electron chi connectivity index (χ4n) is 2.76. The van der Waals surface area contributed by atoms with Crippen LogP contribution in [0.3, 0.4) is 0 Å². The van der Waals surface area contributed by atoms with Crippen molar-refractivity contribution in [2.24, 2.45) is 0 Å².